The summed E-state index contributed by atoms with van der Waals surface area (Å²) in [5.41, 5.74) is 8.70. The van der Waals surface area contributed by atoms with Crippen LogP contribution in [0.25, 0.3) is 0 Å². The van der Waals surface area contributed by atoms with Gasteiger partial charge in [0.15, 0.2) is 0 Å². The van der Waals surface area contributed by atoms with E-state index in [9.17, 15) is 0 Å². The molecule has 0 bridgehead atoms. The molecule has 2 rings (SSSR count). The molecule has 3 nitrogen and oxygen atoms in total. The maximum atomic E-state index is 5.81. The van der Waals surface area contributed by atoms with E-state index in [1.165, 1.54) is 5.56 Å². The normalized spacial score (nSPS) is 10.2. The maximum Gasteiger partial charge on any atom is 0.221 e. The van der Waals surface area contributed by atoms with E-state index < -0.39 is 0 Å². The van der Waals surface area contributed by atoms with Crippen molar-refractivity contribution < 1.29 is 4.74 Å². The number of nitrogen functional groups attached to an aromatic ring is 1. The van der Waals surface area contributed by atoms with E-state index in [-0.39, 0.29) is 0 Å². The first-order valence-corrected chi connectivity index (χ1v) is 5.68. The second kappa shape index (κ2) is 4.87. The van der Waals surface area contributed by atoms with Gasteiger partial charge in [0.05, 0.1) is 0 Å². The zero-order valence-corrected chi connectivity index (χ0v) is 10.1. The molecule has 1 aromatic carbocycles. The maximum absolute atomic E-state index is 5.81. The molecule has 0 radical (unpaired) electrons. The van der Waals surface area contributed by atoms with Crippen LogP contribution >= 0.6 is 0 Å². The number of nitrogens with zero attached hydrogens (tertiary/aromatic N) is 1. The van der Waals surface area contributed by atoms with Crippen molar-refractivity contribution in [3.05, 3.63) is 47.7 Å². The van der Waals surface area contributed by atoms with Gasteiger partial charge < -0.3 is 10.5 Å². The fourth-order valence-electron chi connectivity index (χ4n) is 1.52. The Balaban J connectivity index is 2.22. The van der Waals surface area contributed by atoms with Gasteiger partial charge in [-0.25, -0.2) is 4.98 Å². The summed E-state index contributed by atoms with van der Waals surface area (Å²) in [5.74, 6) is 1.32. The van der Waals surface area contributed by atoms with Crippen molar-refractivity contribution in [1.29, 1.82) is 0 Å². The van der Waals surface area contributed by atoms with Crippen LogP contribution in [0.5, 0.6) is 11.6 Å². The van der Waals surface area contributed by atoms with Gasteiger partial charge in [-0.2, -0.15) is 0 Å². The third-order valence-electron chi connectivity index (χ3n) is 2.65. The minimum atomic E-state index is 0.529. The van der Waals surface area contributed by atoms with Gasteiger partial charge in [0.25, 0.3) is 0 Å². The number of nitrogens with two attached hydrogens (primary N) is 1. The largest absolute Gasteiger partial charge is 0.439 e. The number of hydrogen-bond donors (Lipinski definition) is 1. The van der Waals surface area contributed by atoms with Crippen LogP contribution in [0.15, 0.2) is 36.5 Å². The second-order valence-corrected chi connectivity index (χ2v) is 3.98. The lowest BCUT2D eigenvalue weighted by Crippen LogP contribution is -1.94. The molecule has 17 heavy (non-hydrogen) atoms. The van der Waals surface area contributed by atoms with Gasteiger partial charge in [-0.3, -0.25) is 0 Å². The number of aryl methyl sites for hydroxylation is 2. The number of benzene rings is 1. The van der Waals surface area contributed by atoms with Crippen LogP contribution in [0, 0.1) is 6.92 Å². The molecule has 0 unspecified atom stereocenters. The fourth-order valence-corrected chi connectivity index (χ4v) is 1.52. The lowest BCUT2D eigenvalue weighted by molar-refractivity contribution is 0.462. The van der Waals surface area contributed by atoms with Crippen molar-refractivity contribution in [2.75, 3.05) is 5.73 Å². The molecule has 3 heteroatoms. The molecular formula is C14H16N2O. The zero-order valence-electron chi connectivity index (χ0n) is 10.1. The predicted molar refractivity (Wildman–Crippen MR) is 69.3 cm³/mol. The minimum Gasteiger partial charge on any atom is -0.439 e. The highest BCUT2D eigenvalue weighted by Crippen LogP contribution is 2.23. The van der Waals surface area contributed by atoms with Gasteiger partial charge in [-0.05, 0) is 36.6 Å². The zero-order chi connectivity index (χ0) is 12.3. The monoisotopic (exact) mass is 228 g/mol. The van der Waals surface area contributed by atoms with Crippen molar-refractivity contribution in [1.82, 2.24) is 4.98 Å². The van der Waals surface area contributed by atoms with Crippen LogP contribution in [0.1, 0.15) is 18.1 Å². The fraction of sp³-hybridized carbons (Fsp3) is 0.214. The molecule has 1 heterocycles. The molecule has 0 saturated carbocycles. The van der Waals surface area contributed by atoms with Crippen molar-refractivity contribution >= 4 is 5.69 Å². The van der Waals surface area contributed by atoms with Crippen LogP contribution < -0.4 is 10.5 Å². The van der Waals surface area contributed by atoms with Gasteiger partial charge >= 0.3 is 0 Å². The summed E-state index contributed by atoms with van der Waals surface area (Å²) in [4.78, 5) is 4.19. The molecule has 0 saturated heterocycles. The predicted octanol–water partition coefficient (Wildman–Crippen LogP) is 3.33. The lowest BCUT2D eigenvalue weighted by Gasteiger charge is -2.07. The molecule has 88 valence electrons. The Morgan fingerprint density at radius 2 is 2.12 bits per heavy atom. The summed E-state index contributed by atoms with van der Waals surface area (Å²) in [7, 11) is 0. The number of aromatic nitrogens is 1. The topological polar surface area (TPSA) is 48.1 Å². The molecule has 0 fully saturated rings. The Morgan fingerprint density at radius 1 is 1.29 bits per heavy atom. The van der Waals surface area contributed by atoms with E-state index >= 15 is 0 Å². The molecule has 0 aliphatic heterocycles. The summed E-state index contributed by atoms with van der Waals surface area (Å²) in [6.45, 7) is 4.03. The first kappa shape index (κ1) is 11.5. The Kier molecular flexibility index (Phi) is 3.28. The first-order chi connectivity index (χ1) is 8.19. The van der Waals surface area contributed by atoms with Crippen LogP contribution in [0.4, 0.5) is 5.69 Å². The highest BCUT2D eigenvalue weighted by molar-refractivity contribution is 5.48. The first-order valence-electron chi connectivity index (χ1n) is 5.68. The molecule has 0 spiro atoms. The van der Waals surface area contributed by atoms with Gasteiger partial charge in [0.1, 0.15) is 5.75 Å². The van der Waals surface area contributed by atoms with Gasteiger partial charge in [0.2, 0.25) is 5.88 Å². The SMILES string of the molecule is CCc1cccc(Oc2cc(N)c(C)cn2)c1. The molecule has 0 aliphatic rings. The van der Waals surface area contributed by atoms with Crippen LogP contribution in [0.3, 0.4) is 0 Å². The second-order valence-electron chi connectivity index (χ2n) is 3.98. The van der Waals surface area contributed by atoms with E-state index in [1.807, 2.05) is 25.1 Å². The Labute approximate surface area is 101 Å². The average molecular weight is 228 g/mol. The van der Waals surface area contributed by atoms with E-state index in [2.05, 4.69) is 18.0 Å². The van der Waals surface area contributed by atoms with Gasteiger partial charge in [-0.1, -0.05) is 19.1 Å². The number of anilines is 1. The third-order valence-corrected chi connectivity index (χ3v) is 2.65. The molecule has 0 amide bonds. The quantitative estimate of drug-likeness (QED) is 0.876. The standard InChI is InChI=1S/C14H16N2O/c1-3-11-5-4-6-12(7-11)17-14-8-13(15)10(2)9-16-14/h4-9H,3H2,1-2H3,(H2,15,16). The summed E-state index contributed by atoms with van der Waals surface area (Å²) >= 11 is 0. The van der Waals surface area contributed by atoms with Crippen LogP contribution in [-0.4, -0.2) is 4.98 Å². The number of pyridine rings is 1. The highest BCUT2D eigenvalue weighted by Gasteiger charge is 2.02. The molecule has 2 aromatic rings. The van der Waals surface area contributed by atoms with Gasteiger partial charge in [-0.15, -0.1) is 0 Å². The summed E-state index contributed by atoms with van der Waals surface area (Å²) < 4.78 is 5.67. The molecular weight excluding hydrogens is 212 g/mol. The Morgan fingerprint density at radius 3 is 2.82 bits per heavy atom. The highest BCUT2D eigenvalue weighted by atomic mass is 16.5. The third kappa shape index (κ3) is 2.75. The van der Waals surface area contributed by atoms with Crippen molar-refractivity contribution in [3.63, 3.8) is 0 Å². The Bertz CT molecular complexity index is 523. The van der Waals surface area contributed by atoms with Crippen LogP contribution in [0.2, 0.25) is 0 Å². The molecule has 2 N–H and O–H groups in total. The van der Waals surface area contributed by atoms with Crippen molar-refractivity contribution in [2.45, 2.75) is 20.3 Å². The Hall–Kier alpha value is -2.03. The molecule has 0 aliphatic carbocycles. The van der Waals surface area contributed by atoms with E-state index in [1.54, 1.807) is 12.3 Å². The summed E-state index contributed by atoms with van der Waals surface area (Å²) in [6.07, 6.45) is 2.70. The number of hydrogen-bond acceptors (Lipinski definition) is 3. The smallest absolute Gasteiger partial charge is 0.221 e. The average Bonchev–Trinajstić information content (AvgIpc) is 2.34. The summed E-state index contributed by atoms with van der Waals surface area (Å²) in [6, 6.07) is 9.72. The number of rotatable bonds is 3. The molecule has 0 atom stereocenters. The minimum absolute atomic E-state index is 0.529. The molecule has 1 aromatic heterocycles. The lowest BCUT2D eigenvalue weighted by atomic mass is 10.2. The van der Waals surface area contributed by atoms with Crippen molar-refractivity contribution in [2.24, 2.45) is 0 Å². The van der Waals surface area contributed by atoms with E-state index in [4.69, 9.17) is 10.5 Å². The van der Waals surface area contributed by atoms with Crippen molar-refractivity contribution in [3.8, 4) is 11.6 Å². The van der Waals surface area contributed by atoms with E-state index in [0.717, 1.165) is 17.7 Å². The number of ether oxygens (including phenoxy) is 1. The van der Waals surface area contributed by atoms with E-state index in [0.29, 0.717) is 11.6 Å². The summed E-state index contributed by atoms with van der Waals surface area (Å²) in [5, 5.41) is 0. The van der Waals surface area contributed by atoms with Crippen LogP contribution in [-0.2, 0) is 6.42 Å². The van der Waals surface area contributed by atoms with Gasteiger partial charge in [0, 0.05) is 18.0 Å².